The molecule has 0 spiro atoms. The molecule has 4 nitrogen and oxygen atoms in total. The first-order chi connectivity index (χ1) is 14.2. The van der Waals surface area contributed by atoms with Crippen molar-refractivity contribution in [3.63, 3.8) is 0 Å². The molecule has 0 aromatic heterocycles. The summed E-state index contributed by atoms with van der Waals surface area (Å²) in [5.74, 6) is 0.486. The minimum absolute atomic E-state index is 0.0569. The van der Waals surface area contributed by atoms with E-state index in [1.54, 1.807) is 0 Å². The Morgan fingerprint density at radius 2 is 1.79 bits per heavy atom. The molecule has 1 saturated heterocycles. The van der Waals surface area contributed by atoms with Crippen molar-refractivity contribution >= 4 is 5.97 Å². The maximum Gasteiger partial charge on any atom is 0.308 e. The first-order valence-electron chi connectivity index (χ1n) is 10.8. The van der Waals surface area contributed by atoms with Gasteiger partial charge in [0.25, 0.3) is 0 Å². The van der Waals surface area contributed by atoms with Crippen LogP contribution in [-0.2, 0) is 20.7 Å². The van der Waals surface area contributed by atoms with E-state index in [0.717, 1.165) is 32.5 Å². The number of hydrogen-bond acceptors (Lipinski definition) is 4. The third-order valence-corrected chi connectivity index (χ3v) is 6.39. The molecule has 0 amide bonds. The zero-order valence-corrected chi connectivity index (χ0v) is 17.3. The molecule has 0 aliphatic carbocycles. The number of likely N-dealkylation sites (tertiary alicyclic amines) is 1. The van der Waals surface area contributed by atoms with Crippen LogP contribution in [0.2, 0.25) is 0 Å². The summed E-state index contributed by atoms with van der Waals surface area (Å²) in [5.41, 5.74) is 4.07. The number of nitrogens with zero attached hydrogens (tertiary/aromatic N) is 1. The average molecular weight is 394 g/mol. The van der Waals surface area contributed by atoms with E-state index in [2.05, 4.69) is 59.5 Å². The van der Waals surface area contributed by atoms with Crippen molar-refractivity contribution in [2.75, 3.05) is 26.7 Å². The molecule has 154 valence electrons. The maximum atomic E-state index is 11.7. The number of piperidine rings is 1. The molecule has 2 aliphatic heterocycles. The van der Waals surface area contributed by atoms with Gasteiger partial charge < -0.3 is 14.4 Å². The molecule has 4 heteroatoms. The zero-order valence-electron chi connectivity index (χ0n) is 17.3. The summed E-state index contributed by atoms with van der Waals surface area (Å²) < 4.78 is 11.2. The van der Waals surface area contributed by atoms with Gasteiger partial charge in [-0.25, -0.2) is 0 Å². The monoisotopic (exact) mass is 393 g/mol. The molecule has 0 saturated carbocycles. The fourth-order valence-electron chi connectivity index (χ4n) is 4.76. The van der Waals surface area contributed by atoms with E-state index in [1.807, 2.05) is 0 Å². The van der Waals surface area contributed by atoms with E-state index in [4.69, 9.17) is 9.47 Å². The molecule has 29 heavy (non-hydrogen) atoms. The van der Waals surface area contributed by atoms with Gasteiger partial charge in [-0.15, -0.1) is 0 Å². The summed E-state index contributed by atoms with van der Waals surface area (Å²) >= 11 is 0. The second-order valence-corrected chi connectivity index (χ2v) is 8.25. The highest BCUT2D eigenvalue weighted by Crippen LogP contribution is 2.34. The van der Waals surface area contributed by atoms with Crippen molar-refractivity contribution < 1.29 is 14.3 Å². The van der Waals surface area contributed by atoms with Gasteiger partial charge in [-0.05, 0) is 61.4 Å². The van der Waals surface area contributed by atoms with Crippen LogP contribution in [0.5, 0.6) is 0 Å². The van der Waals surface area contributed by atoms with Gasteiger partial charge in [0.2, 0.25) is 0 Å². The topological polar surface area (TPSA) is 38.8 Å². The molecule has 4 rings (SSSR count). The van der Waals surface area contributed by atoms with E-state index in [-0.39, 0.29) is 18.2 Å². The number of hydrogen-bond donors (Lipinski definition) is 0. The molecular weight excluding hydrogens is 362 g/mol. The molecule has 2 atom stereocenters. The molecule has 0 N–H and O–H groups in total. The van der Waals surface area contributed by atoms with Crippen molar-refractivity contribution in [3.05, 3.63) is 71.3 Å². The van der Waals surface area contributed by atoms with Crippen LogP contribution in [0.15, 0.2) is 54.6 Å². The lowest BCUT2D eigenvalue weighted by atomic mass is 9.89. The molecule has 2 aromatic rings. The fourth-order valence-corrected chi connectivity index (χ4v) is 4.76. The second kappa shape index (κ2) is 9.55. The quantitative estimate of drug-likeness (QED) is 0.677. The van der Waals surface area contributed by atoms with Crippen molar-refractivity contribution in [3.8, 4) is 0 Å². The standard InChI is InChI=1S/C25H31NO3/c1-28-25(27)18-22-17-21-9-5-6-10-23(21)24(29-22)13-16-26-14-11-20(12-15-26)19-7-3-2-4-8-19/h2-10,20,22,24H,11-18H2,1H3/t22-,24-/m1/s1. The number of rotatable bonds is 6. The lowest BCUT2D eigenvalue weighted by Crippen LogP contribution is -2.36. The Hall–Kier alpha value is -2.17. The van der Waals surface area contributed by atoms with Crippen LogP contribution in [0.4, 0.5) is 0 Å². The first kappa shape index (κ1) is 20.1. The van der Waals surface area contributed by atoms with Gasteiger partial charge in [-0.1, -0.05) is 54.6 Å². The predicted octanol–water partition coefficient (Wildman–Crippen LogP) is 4.50. The Bertz CT molecular complexity index is 799. The number of methoxy groups -OCH3 is 1. The molecule has 0 unspecified atom stereocenters. The summed E-state index contributed by atoms with van der Waals surface area (Å²) in [7, 11) is 1.44. The van der Waals surface area contributed by atoms with Crippen LogP contribution in [0.1, 0.15) is 54.4 Å². The smallest absolute Gasteiger partial charge is 0.308 e. The Morgan fingerprint density at radius 3 is 2.55 bits per heavy atom. The average Bonchev–Trinajstić information content (AvgIpc) is 2.78. The largest absolute Gasteiger partial charge is 0.469 e. The summed E-state index contributed by atoms with van der Waals surface area (Å²) in [4.78, 5) is 14.3. The lowest BCUT2D eigenvalue weighted by Gasteiger charge is -2.35. The van der Waals surface area contributed by atoms with Crippen molar-refractivity contribution in [2.24, 2.45) is 0 Å². The van der Waals surface area contributed by atoms with Crippen LogP contribution < -0.4 is 0 Å². The number of benzene rings is 2. The first-order valence-corrected chi connectivity index (χ1v) is 10.8. The Morgan fingerprint density at radius 1 is 1.07 bits per heavy atom. The molecular formula is C25H31NO3. The van der Waals surface area contributed by atoms with Gasteiger partial charge in [0, 0.05) is 6.54 Å². The summed E-state index contributed by atoms with van der Waals surface area (Å²) in [6.07, 6.45) is 4.47. The van der Waals surface area contributed by atoms with Crippen LogP contribution in [-0.4, -0.2) is 43.7 Å². The SMILES string of the molecule is COC(=O)C[C@H]1Cc2ccccc2[C@@H](CCN2CCC(c3ccccc3)CC2)O1. The van der Waals surface area contributed by atoms with Crippen molar-refractivity contribution in [2.45, 2.75) is 50.2 Å². The number of ether oxygens (including phenoxy) is 2. The Balaban J connectivity index is 1.33. The Kier molecular flexibility index (Phi) is 6.63. The van der Waals surface area contributed by atoms with Crippen molar-refractivity contribution in [1.82, 2.24) is 4.90 Å². The molecule has 2 heterocycles. The molecule has 2 aromatic carbocycles. The van der Waals surface area contributed by atoms with E-state index < -0.39 is 0 Å². The maximum absolute atomic E-state index is 11.7. The van der Waals surface area contributed by atoms with Gasteiger partial charge in [-0.3, -0.25) is 4.79 Å². The van der Waals surface area contributed by atoms with E-state index in [0.29, 0.717) is 12.3 Å². The van der Waals surface area contributed by atoms with Crippen LogP contribution in [0.25, 0.3) is 0 Å². The van der Waals surface area contributed by atoms with E-state index in [9.17, 15) is 4.79 Å². The number of carbonyl (C=O) groups is 1. The van der Waals surface area contributed by atoms with E-state index in [1.165, 1.54) is 36.6 Å². The third kappa shape index (κ3) is 5.06. The van der Waals surface area contributed by atoms with Crippen LogP contribution in [0, 0.1) is 0 Å². The predicted molar refractivity (Wildman–Crippen MR) is 114 cm³/mol. The van der Waals surface area contributed by atoms with Gasteiger partial charge in [0.15, 0.2) is 0 Å². The molecule has 0 radical (unpaired) electrons. The number of carbonyl (C=O) groups excluding carboxylic acids is 1. The number of fused-ring (bicyclic) bond motifs is 1. The second-order valence-electron chi connectivity index (χ2n) is 8.25. The summed E-state index contributed by atoms with van der Waals surface area (Å²) in [5, 5.41) is 0. The van der Waals surface area contributed by atoms with Gasteiger partial charge in [-0.2, -0.15) is 0 Å². The Labute approximate surface area is 173 Å². The van der Waals surface area contributed by atoms with Crippen LogP contribution >= 0.6 is 0 Å². The minimum atomic E-state index is -0.198. The molecule has 2 aliphatic rings. The highest BCUT2D eigenvalue weighted by Gasteiger charge is 2.30. The van der Waals surface area contributed by atoms with Crippen LogP contribution in [0.3, 0.4) is 0 Å². The zero-order chi connectivity index (χ0) is 20.1. The van der Waals surface area contributed by atoms with E-state index >= 15 is 0 Å². The highest BCUT2D eigenvalue weighted by atomic mass is 16.5. The van der Waals surface area contributed by atoms with Gasteiger partial charge in [0.1, 0.15) is 0 Å². The summed E-state index contributed by atoms with van der Waals surface area (Å²) in [6, 6.07) is 19.4. The minimum Gasteiger partial charge on any atom is -0.469 e. The molecule has 1 fully saturated rings. The summed E-state index contributed by atoms with van der Waals surface area (Å²) in [6.45, 7) is 3.31. The third-order valence-electron chi connectivity index (χ3n) is 6.39. The molecule has 0 bridgehead atoms. The van der Waals surface area contributed by atoms with Crippen molar-refractivity contribution in [1.29, 1.82) is 0 Å². The highest BCUT2D eigenvalue weighted by molar-refractivity contribution is 5.69. The van der Waals surface area contributed by atoms with Gasteiger partial charge >= 0.3 is 5.97 Å². The van der Waals surface area contributed by atoms with Gasteiger partial charge in [0.05, 0.1) is 25.7 Å². The normalized spacial score (nSPS) is 22.8. The lowest BCUT2D eigenvalue weighted by molar-refractivity contribution is -0.145. The fraction of sp³-hybridized carbons (Fsp3) is 0.480. The number of esters is 1.